The van der Waals surface area contributed by atoms with E-state index in [4.69, 9.17) is 9.47 Å². The molecule has 5 rings (SSSR count). The van der Waals surface area contributed by atoms with Crippen LogP contribution in [0.15, 0.2) is 24.3 Å². The molecule has 4 aliphatic rings. The molecule has 1 saturated carbocycles. The van der Waals surface area contributed by atoms with Crippen molar-refractivity contribution in [1.82, 2.24) is 69.8 Å². The van der Waals surface area contributed by atoms with E-state index in [9.17, 15) is 33.6 Å². The smallest absolute Gasteiger partial charge is 0.236 e. The fourth-order valence-corrected chi connectivity index (χ4v) is 14.0. The number of rotatable bonds is 38. The molecule has 1 aliphatic carbocycles. The monoisotopic (exact) mass is 1590 g/mol. The van der Waals surface area contributed by atoms with Crippen LogP contribution in [0, 0.1) is 47.3 Å². The first-order chi connectivity index (χ1) is 52.3. The van der Waals surface area contributed by atoms with Gasteiger partial charge in [-0.2, -0.15) is 0 Å². The second-order valence-corrected chi connectivity index (χ2v) is 36.7. The molecule has 656 valence electrons. The van der Waals surface area contributed by atoms with E-state index in [0.717, 1.165) is 147 Å². The zero-order valence-electron chi connectivity index (χ0n) is 77.8. The summed E-state index contributed by atoms with van der Waals surface area (Å²) >= 11 is 0. The van der Waals surface area contributed by atoms with Crippen molar-refractivity contribution >= 4 is 41.4 Å². The minimum Gasteiger partial charge on any atom is -0.494 e. The third-order valence-electron chi connectivity index (χ3n) is 19.1. The predicted molar refractivity (Wildman–Crippen MR) is 469 cm³/mol. The number of morpholine rings is 1. The molecule has 112 heavy (non-hydrogen) atoms. The molecule has 7 amide bonds. The number of hydrogen-bond acceptors (Lipinski definition) is 16. The Morgan fingerprint density at radius 1 is 0.509 bits per heavy atom. The minimum atomic E-state index is -0.131. The quantitative estimate of drug-likeness (QED) is 0.0526. The van der Waals surface area contributed by atoms with Crippen LogP contribution in [0.4, 0.5) is 0 Å². The highest BCUT2D eigenvalue weighted by atomic mass is 16.5. The first-order valence-corrected chi connectivity index (χ1v) is 43.3. The van der Waals surface area contributed by atoms with Gasteiger partial charge in [-0.1, -0.05) is 168 Å². The van der Waals surface area contributed by atoms with Crippen molar-refractivity contribution in [1.29, 1.82) is 0 Å². The Morgan fingerprint density at radius 2 is 0.946 bits per heavy atom. The van der Waals surface area contributed by atoms with Crippen LogP contribution in [-0.4, -0.2) is 320 Å². The summed E-state index contributed by atoms with van der Waals surface area (Å²) in [6.07, 6.45) is 16.3. The first-order valence-electron chi connectivity index (χ1n) is 43.3. The summed E-state index contributed by atoms with van der Waals surface area (Å²) in [6.45, 7) is 61.2. The highest BCUT2D eigenvalue weighted by Crippen LogP contribution is 2.29. The Kier molecular flexibility index (Phi) is 60.6. The van der Waals surface area contributed by atoms with Gasteiger partial charge >= 0.3 is 0 Å². The van der Waals surface area contributed by atoms with E-state index < -0.39 is 0 Å². The molecule has 4 fully saturated rings. The Bertz CT molecular complexity index is 2600. The summed E-state index contributed by atoms with van der Waals surface area (Å²) < 4.78 is 11.5. The number of benzene rings is 1. The Balaban J connectivity index is 0. The van der Waals surface area contributed by atoms with Crippen molar-refractivity contribution in [2.24, 2.45) is 47.3 Å². The molecule has 0 aromatic heterocycles. The van der Waals surface area contributed by atoms with Crippen LogP contribution < -0.4 is 20.7 Å². The van der Waals surface area contributed by atoms with Crippen molar-refractivity contribution in [2.45, 2.75) is 253 Å². The highest BCUT2D eigenvalue weighted by molar-refractivity contribution is 5.80. The molecule has 3 heterocycles. The van der Waals surface area contributed by atoms with Gasteiger partial charge in [0, 0.05) is 125 Å². The van der Waals surface area contributed by atoms with Crippen molar-refractivity contribution in [3.63, 3.8) is 0 Å². The number of fused-ring (bicyclic) bond motifs is 2. The molecule has 1 aromatic rings. The summed E-state index contributed by atoms with van der Waals surface area (Å²) in [4.78, 5) is 104. The van der Waals surface area contributed by atoms with Crippen LogP contribution in [0.25, 0.3) is 0 Å². The number of nitrogens with zero attached hydrogens (tertiary/aromatic N) is 11. The van der Waals surface area contributed by atoms with Crippen LogP contribution in [0.3, 0.4) is 0 Å². The third-order valence-corrected chi connectivity index (χ3v) is 19.1. The number of nitrogens with one attached hydrogen (secondary N) is 3. The number of carbonyl (C=O) groups excluding carboxylic acids is 7. The molecular formula is C89H176N14O9. The van der Waals surface area contributed by atoms with Crippen LogP contribution >= 0.6 is 0 Å². The van der Waals surface area contributed by atoms with Crippen LogP contribution in [-0.2, 0) is 44.8 Å². The minimum absolute atomic E-state index is 0.0174. The maximum absolute atomic E-state index is 12.3. The van der Waals surface area contributed by atoms with E-state index in [1.807, 2.05) is 104 Å². The molecule has 0 radical (unpaired) electrons. The van der Waals surface area contributed by atoms with E-state index >= 15 is 0 Å². The van der Waals surface area contributed by atoms with Crippen LogP contribution in [0.2, 0.25) is 0 Å². The topological polar surface area (TPSA) is 210 Å². The lowest BCUT2D eigenvalue weighted by Gasteiger charge is -2.34. The zero-order valence-corrected chi connectivity index (χ0v) is 77.8. The van der Waals surface area contributed by atoms with Gasteiger partial charge in [0.2, 0.25) is 41.4 Å². The molecule has 1 aromatic carbocycles. The number of likely N-dealkylation sites (tertiary alicyclic amines) is 2. The fraction of sp³-hybridized carbons (Fsp3) is 0.854. The number of likely N-dealkylation sites (N-methyl/N-ethyl adjacent to an activating group) is 9. The van der Waals surface area contributed by atoms with E-state index in [2.05, 4.69) is 175 Å². The number of hydrogen-bond donors (Lipinski definition) is 3. The summed E-state index contributed by atoms with van der Waals surface area (Å²) in [5.74, 6) is 7.42. The predicted octanol–water partition coefficient (Wildman–Crippen LogP) is 11.9. The average Bonchev–Trinajstić information content (AvgIpc) is 1.70. The molecule has 3 saturated heterocycles. The lowest BCUT2D eigenvalue weighted by molar-refractivity contribution is -0.141. The van der Waals surface area contributed by atoms with Gasteiger partial charge in [0.25, 0.3) is 0 Å². The molecule has 3 atom stereocenters. The van der Waals surface area contributed by atoms with Gasteiger partial charge in [-0.15, -0.1) is 0 Å². The number of ether oxygens (including phenoxy) is 2. The van der Waals surface area contributed by atoms with Crippen LogP contribution in [0.1, 0.15) is 228 Å². The molecule has 3 N–H and O–H groups in total. The third kappa shape index (κ3) is 60.5. The molecule has 23 nitrogen and oxygen atoms in total. The van der Waals surface area contributed by atoms with E-state index in [1.165, 1.54) is 51.9 Å². The number of carbonyl (C=O) groups is 7. The van der Waals surface area contributed by atoms with Gasteiger partial charge < -0.3 is 49.9 Å². The molecule has 0 spiro atoms. The van der Waals surface area contributed by atoms with Gasteiger partial charge in [-0.3, -0.25) is 63.0 Å². The van der Waals surface area contributed by atoms with Crippen LogP contribution in [0.5, 0.6) is 5.75 Å². The second-order valence-electron chi connectivity index (χ2n) is 36.7. The summed E-state index contributed by atoms with van der Waals surface area (Å²) in [5, 5.41) is 8.50. The van der Waals surface area contributed by atoms with Crippen molar-refractivity contribution in [3.05, 3.63) is 29.8 Å². The Labute approximate surface area is 687 Å². The second kappa shape index (κ2) is 62.3. The fourth-order valence-electron chi connectivity index (χ4n) is 14.0. The maximum Gasteiger partial charge on any atom is 0.236 e. The van der Waals surface area contributed by atoms with Crippen molar-refractivity contribution < 1.29 is 43.0 Å². The SMILES string of the molecule is CC(=O)NC1CCCN(C(=O)CN(C)CC(C)C)C1.CC(C)CCC1CCCCC1.CC(C)CN(C)CC(=O)N(C)Cc1ccc(OCCCN(C)C)cc1.CC(C)CN(C)CC(=O)N1CC2CCC(C1)O2.CCN(C)C(=O)CN(C)CC(C)C.CCN(CC(=O)NC(C)(C)C)CC(C)C.CCN(CC(=O)NC)CC(C)C. The lowest BCUT2D eigenvalue weighted by atomic mass is 9.85. The van der Waals surface area contributed by atoms with Gasteiger partial charge in [-0.05, 0) is 180 Å². The summed E-state index contributed by atoms with van der Waals surface area (Å²) in [7, 11) is 17.5. The maximum atomic E-state index is 12.3. The zero-order chi connectivity index (χ0) is 85.8. The van der Waals surface area contributed by atoms with Gasteiger partial charge in [0.05, 0.1) is 58.1 Å². The Morgan fingerprint density at radius 3 is 1.35 bits per heavy atom. The van der Waals surface area contributed by atoms with E-state index in [-0.39, 0.29) is 52.9 Å². The number of amides is 7. The van der Waals surface area contributed by atoms with Crippen molar-refractivity contribution in [2.75, 3.05) is 201 Å². The molecule has 3 unspecified atom stereocenters. The standard InChI is InChI=1S/C20H35N3O2.C14H27N3O2.C13H24N2O2.C12H26N2O.C11H22.C10H22N2O.C9H20N2O/c1-17(2)14-22(5)16-20(24)23(6)15-18-8-10-19(11-9-18)25-13-7-12-21(3)4;1-11(2)8-16(4)10-14(19)17-7-5-6-13(9-17)15-12(3)18;1-10(2)6-14(3)9-13(16)15-7-11-4-5-12(8-15)17-11;1-7-14(8-10(2)3)9-11(15)13-12(4,5)6;1-10(2)8-9-11-6-4-3-5-7-11;1-6-12(5)10(13)8-11(4)7-9(2)3;1-5-11(6-8(2)3)7-9(12)10-4/h8-11,17H,7,12-16H2,1-6H3;11,13H,5-10H2,1-4H3,(H,15,18);10-12H,4-9H2,1-3H3;10H,7-9H2,1-6H3,(H,13,15);10-11H,3-9H2,1-2H3;9H,6-8H2,1-5H3;8H,5-7H2,1-4H3,(H,10,12). The van der Waals surface area contributed by atoms with Gasteiger partial charge in [0.15, 0.2) is 0 Å². The summed E-state index contributed by atoms with van der Waals surface area (Å²) in [6, 6.07) is 8.14. The van der Waals surface area contributed by atoms with E-state index in [1.54, 1.807) is 16.8 Å². The van der Waals surface area contributed by atoms with E-state index in [0.29, 0.717) is 100 Å². The summed E-state index contributed by atoms with van der Waals surface area (Å²) in [5.41, 5.74) is 0.983. The van der Waals surface area contributed by atoms with Gasteiger partial charge in [0.1, 0.15) is 5.75 Å². The van der Waals surface area contributed by atoms with Gasteiger partial charge in [-0.25, -0.2) is 0 Å². The number of piperidine rings is 1. The average molecular weight is 1590 g/mol. The Hall–Kier alpha value is -5.01. The highest BCUT2D eigenvalue weighted by Gasteiger charge is 2.36. The lowest BCUT2D eigenvalue weighted by Crippen LogP contribution is -2.51. The normalized spacial score (nSPS) is 16.3. The first kappa shape index (κ1) is 109. The molecule has 2 bridgehead atoms. The van der Waals surface area contributed by atoms with Crippen molar-refractivity contribution in [3.8, 4) is 5.75 Å². The molecule has 3 aliphatic heterocycles. The largest absolute Gasteiger partial charge is 0.494 e. The molecule has 23 heteroatoms. The molecular weight excluding hydrogens is 1410 g/mol.